The first-order valence-corrected chi connectivity index (χ1v) is 13.2. The molecule has 2 aromatic heterocycles. The third-order valence-electron chi connectivity index (χ3n) is 5.44. The molecule has 1 unspecified atom stereocenters. The van der Waals surface area contributed by atoms with Crippen LogP contribution in [0.25, 0.3) is 11.2 Å². The Kier molecular flexibility index (Phi) is 7.88. The van der Waals surface area contributed by atoms with Crippen molar-refractivity contribution in [2.45, 2.75) is 58.3 Å². The van der Waals surface area contributed by atoms with Crippen LogP contribution >= 0.6 is 19.0 Å². The van der Waals surface area contributed by atoms with Gasteiger partial charge in [-0.15, -0.1) is 0 Å². The number of benzene rings is 1. The van der Waals surface area contributed by atoms with Crippen molar-refractivity contribution in [1.82, 2.24) is 29.7 Å². The number of carbonyl (C=O) groups is 1. The molecule has 0 saturated heterocycles. The largest absolute Gasteiger partial charge is 0.480 e. The molecule has 0 aliphatic carbocycles. The molecule has 0 saturated carbocycles. The maximum absolute atomic E-state index is 14.1. The highest BCUT2D eigenvalue weighted by molar-refractivity contribution is 7.59. The van der Waals surface area contributed by atoms with Crippen molar-refractivity contribution < 1.29 is 19.2 Å². The Bertz CT molecular complexity index is 1250. The maximum atomic E-state index is 14.1. The molecule has 5 N–H and O–H groups in total. The lowest BCUT2D eigenvalue weighted by Crippen LogP contribution is -2.50. The fourth-order valence-corrected chi connectivity index (χ4v) is 6.37. The molecule has 0 radical (unpaired) electrons. The number of nitrogen functional groups attached to an aromatic ring is 1. The zero-order valence-corrected chi connectivity index (χ0v) is 22.0. The quantitative estimate of drug-likeness (QED) is 0.274. The van der Waals surface area contributed by atoms with E-state index in [2.05, 4.69) is 25.1 Å². The highest BCUT2D eigenvalue weighted by Gasteiger charge is 2.40. The lowest BCUT2D eigenvalue weighted by Gasteiger charge is -2.36. The molecule has 11 nitrogen and oxygen atoms in total. The fraction of sp³-hybridized carbons (Fsp3) is 0.455. The van der Waals surface area contributed by atoms with Gasteiger partial charge < -0.3 is 20.1 Å². The van der Waals surface area contributed by atoms with E-state index in [0.29, 0.717) is 22.7 Å². The van der Waals surface area contributed by atoms with E-state index in [1.807, 2.05) is 32.9 Å². The normalized spacial score (nSPS) is 15.1. The first kappa shape index (κ1) is 27.0. The number of ether oxygens (including phenoxy) is 1. The zero-order chi connectivity index (χ0) is 26.0. The Morgan fingerprint density at radius 2 is 1.86 bits per heavy atom. The molecule has 0 aliphatic heterocycles. The van der Waals surface area contributed by atoms with Gasteiger partial charge in [0.15, 0.2) is 11.5 Å². The third-order valence-corrected chi connectivity index (χ3v) is 8.05. The number of nitrogens with two attached hydrogens (primary N) is 1. The molecule has 3 rings (SSSR count). The van der Waals surface area contributed by atoms with Crippen LogP contribution in [0.1, 0.15) is 40.2 Å². The molecular formula is C22H31ClN7O4P. The van der Waals surface area contributed by atoms with Crippen LogP contribution in [0.3, 0.4) is 0 Å². The summed E-state index contributed by atoms with van der Waals surface area (Å²) < 4.78 is 21.8. The topological polar surface area (TPSA) is 157 Å². The van der Waals surface area contributed by atoms with Gasteiger partial charge in [-0.1, -0.05) is 23.7 Å². The zero-order valence-electron chi connectivity index (χ0n) is 20.3. The number of rotatable bonds is 11. The predicted molar refractivity (Wildman–Crippen MR) is 135 cm³/mol. The molecular weight excluding hydrogens is 493 g/mol. The van der Waals surface area contributed by atoms with Crippen molar-refractivity contribution in [2.24, 2.45) is 0 Å². The first-order valence-electron chi connectivity index (χ1n) is 10.9. The number of imidazole rings is 1. The maximum Gasteiger partial charge on any atom is 0.323 e. The van der Waals surface area contributed by atoms with Gasteiger partial charge in [-0.05, 0) is 52.3 Å². The van der Waals surface area contributed by atoms with Crippen LogP contribution in [0.2, 0.25) is 5.02 Å². The van der Waals surface area contributed by atoms with Gasteiger partial charge in [-0.3, -0.25) is 9.36 Å². The van der Waals surface area contributed by atoms with E-state index in [1.165, 1.54) is 20.2 Å². The van der Waals surface area contributed by atoms with E-state index in [0.717, 1.165) is 5.56 Å². The number of carboxylic acids is 1. The van der Waals surface area contributed by atoms with Crippen LogP contribution in [-0.2, 0) is 26.2 Å². The second-order valence-electron chi connectivity index (χ2n) is 9.46. The number of aliphatic carboxylic acids is 1. The fourth-order valence-electron chi connectivity index (χ4n) is 3.57. The van der Waals surface area contributed by atoms with E-state index < -0.39 is 30.6 Å². The molecule has 0 bridgehead atoms. The molecule has 0 aliphatic rings. The smallest absolute Gasteiger partial charge is 0.323 e. The van der Waals surface area contributed by atoms with Crippen molar-refractivity contribution in [1.29, 1.82) is 0 Å². The number of anilines is 1. The number of hydrogen-bond donors (Lipinski definition) is 4. The summed E-state index contributed by atoms with van der Waals surface area (Å²) in [4.78, 5) is 24.2. The highest BCUT2D eigenvalue weighted by Crippen LogP contribution is 2.44. The van der Waals surface area contributed by atoms with Crippen LogP contribution in [-0.4, -0.2) is 48.6 Å². The number of carboxylic acid groups (broad SMARTS) is 1. The Hall–Kier alpha value is -2.56. The van der Waals surface area contributed by atoms with E-state index in [-0.39, 0.29) is 12.2 Å². The number of hydrogen-bond acceptors (Lipinski definition) is 7. The Morgan fingerprint density at radius 1 is 1.20 bits per heavy atom. The van der Waals surface area contributed by atoms with E-state index in [9.17, 15) is 14.5 Å². The van der Waals surface area contributed by atoms with Crippen LogP contribution in [0, 0.1) is 0 Å². The molecule has 13 heteroatoms. The van der Waals surface area contributed by atoms with Crippen LogP contribution in [0.5, 0.6) is 0 Å². The molecule has 2 heterocycles. The third kappa shape index (κ3) is 6.56. The molecule has 190 valence electrons. The average Bonchev–Trinajstić information content (AvgIpc) is 3.16. The monoisotopic (exact) mass is 523 g/mol. The number of aromatic nitrogens is 4. The SMILES string of the molecule is C[C@H](Cn1cnc2c(N)ncnc21)OCP(=O)(NC(C)(C)C(=O)O)NC(C)(C)c1ccc(Cl)cc1. The van der Waals surface area contributed by atoms with Crippen molar-refractivity contribution in [2.75, 3.05) is 12.1 Å². The summed E-state index contributed by atoms with van der Waals surface area (Å²) in [5.41, 5.74) is 5.46. The Labute approximate surface area is 208 Å². The second kappa shape index (κ2) is 10.2. The number of nitrogens with zero attached hydrogens (tertiary/aromatic N) is 4. The summed E-state index contributed by atoms with van der Waals surface area (Å²) in [6.45, 7) is 8.77. The highest BCUT2D eigenvalue weighted by atomic mass is 35.5. The van der Waals surface area contributed by atoms with Crippen molar-refractivity contribution in [3.8, 4) is 0 Å². The molecule has 3 aromatic rings. The van der Waals surface area contributed by atoms with Gasteiger partial charge in [0.1, 0.15) is 23.7 Å². The summed E-state index contributed by atoms with van der Waals surface area (Å²) in [7, 11) is -3.60. The second-order valence-corrected chi connectivity index (χ2v) is 12.1. The average molecular weight is 524 g/mol. The standard InChI is InChI=1S/C22H31ClN7O4P/c1-14(10-30-12-27-17-18(24)25-11-26-19(17)30)34-13-35(33,29-22(4,5)20(31)32)28-21(2,3)15-6-8-16(23)9-7-15/h6-9,11-12,14H,10,13H2,1-5H3,(H,31,32)(H2,24,25,26)(H2,28,29,33)/t14-,35?/m1/s1. The summed E-state index contributed by atoms with van der Waals surface area (Å²) in [6, 6.07) is 7.13. The van der Waals surface area contributed by atoms with Crippen LogP contribution in [0.15, 0.2) is 36.9 Å². The summed E-state index contributed by atoms with van der Waals surface area (Å²) in [6.07, 6.45) is 2.28. The van der Waals surface area contributed by atoms with Crippen LogP contribution < -0.4 is 15.9 Å². The Morgan fingerprint density at radius 3 is 2.49 bits per heavy atom. The van der Waals surface area contributed by atoms with Gasteiger partial charge in [-0.25, -0.2) is 25.1 Å². The van der Waals surface area contributed by atoms with Crippen molar-refractivity contribution in [3.63, 3.8) is 0 Å². The van der Waals surface area contributed by atoms with Gasteiger partial charge in [0, 0.05) is 10.6 Å². The number of fused-ring (bicyclic) bond motifs is 1. The minimum absolute atomic E-state index is 0.258. The molecule has 0 amide bonds. The van der Waals surface area contributed by atoms with Crippen LogP contribution in [0.4, 0.5) is 5.82 Å². The molecule has 0 fully saturated rings. The minimum Gasteiger partial charge on any atom is -0.480 e. The van der Waals surface area contributed by atoms with Gasteiger partial charge >= 0.3 is 5.97 Å². The number of halogens is 1. The van der Waals surface area contributed by atoms with Gasteiger partial charge in [0.25, 0.3) is 0 Å². The number of nitrogens with one attached hydrogen (secondary N) is 2. The summed E-state index contributed by atoms with van der Waals surface area (Å²) >= 11 is 6.01. The Balaban J connectivity index is 1.79. The van der Waals surface area contributed by atoms with Crippen molar-refractivity contribution >= 4 is 42.0 Å². The van der Waals surface area contributed by atoms with Gasteiger partial charge in [0.05, 0.1) is 19.0 Å². The lowest BCUT2D eigenvalue weighted by molar-refractivity contribution is -0.142. The molecule has 0 spiro atoms. The van der Waals surface area contributed by atoms with E-state index >= 15 is 0 Å². The molecule has 2 atom stereocenters. The minimum atomic E-state index is -3.60. The first-order chi connectivity index (χ1) is 16.2. The van der Waals surface area contributed by atoms with Gasteiger partial charge in [0.2, 0.25) is 7.44 Å². The molecule has 35 heavy (non-hydrogen) atoms. The summed E-state index contributed by atoms with van der Waals surface area (Å²) in [5.74, 6) is -0.861. The van der Waals surface area contributed by atoms with Crippen molar-refractivity contribution in [3.05, 3.63) is 47.5 Å². The predicted octanol–water partition coefficient (Wildman–Crippen LogP) is 3.60. The van der Waals surface area contributed by atoms with E-state index in [1.54, 1.807) is 23.0 Å². The summed E-state index contributed by atoms with van der Waals surface area (Å²) in [5, 5.41) is 16.1. The molecule has 1 aromatic carbocycles. The van der Waals surface area contributed by atoms with Gasteiger partial charge in [-0.2, -0.15) is 0 Å². The van der Waals surface area contributed by atoms with E-state index in [4.69, 9.17) is 22.1 Å². The lowest BCUT2D eigenvalue weighted by atomic mass is 9.96.